The molecule has 0 aliphatic carbocycles. The molecule has 9 heteroatoms. The molecule has 0 spiro atoms. The van der Waals surface area contributed by atoms with Crippen molar-refractivity contribution in [1.29, 1.82) is 0 Å². The maximum absolute atomic E-state index is 13.8. The number of carbonyl (C=O) groups is 1. The Morgan fingerprint density at radius 1 is 1.13 bits per heavy atom. The predicted molar refractivity (Wildman–Crippen MR) is 109 cm³/mol. The van der Waals surface area contributed by atoms with E-state index in [1.54, 1.807) is 17.6 Å². The summed E-state index contributed by atoms with van der Waals surface area (Å²) in [7, 11) is 0. The molecule has 3 fully saturated rings. The van der Waals surface area contributed by atoms with Crippen LogP contribution in [0.5, 0.6) is 0 Å². The maximum atomic E-state index is 13.8. The molecule has 3 saturated heterocycles. The number of aryl methyl sites for hydroxylation is 1. The number of hydrogen-bond acceptors (Lipinski definition) is 7. The fourth-order valence-electron chi connectivity index (χ4n) is 6.13. The summed E-state index contributed by atoms with van der Waals surface area (Å²) >= 11 is 0. The van der Waals surface area contributed by atoms with Crippen LogP contribution in [-0.4, -0.2) is 69.8 Å². The van der Waals surface area contributed by atoms with Crippen LogP contribution in [0.15, 0.2) is 27.5 Å². The number of hydrogen-bond donors (Lipinski definition) is 0. The van der Waals surface area contributed by atoms with Crippen molar-refractivity contribution in [2.75, 3.05) is 39.4 Å². The van der Waals surface area contributed by atoms with Crippen molar-refractivity contribution in [3.8, 4) is 0 Å². The molecule has 2 bridgehead atoms. The van der Waals surface area contributed by atoms with Gasteiger partial charge in [0.25, 0.3) is 5.56 Å². The highest BCUT2D eigenvalue weighted by molar-refractivity contribution is 5.81. The third-order valence-electron chi connectivity index (χ3n) is 7.46. The van der Waals surface area contributed by atoms with Gasteiger partial charge in [-0.1, -0.05) is 11.2 Å². The molecule has 0 N–H and O–H groups in total. The van der Waals surface area contributed by atoms with E-state index in [1.165, 1.54) is 0 Å². The molecule has 2 aromatic heterocycles. The SMILES string of the molecule is Cc1nc(CN2C[C@@H]3C[C@H](C2)[C@H](C(=O)N2C[C@H]4COC[C@H]4C2)n2c3cccc2=O)no1. The first-order valence-electron chi connectivity index (χ1n) is 11.2. The molecule has 164 valence electrons. The predicted octanol–water partition coefficient (Wildman–Crippen LogP) is 0.805. The molecule has 9 nitrogen and oxygen atoms in total. The molecule has 1 amide bonds. The molecule has 2 aromatic rings. The quantitative estimate of drug-likeness (QED) is 0.718. The van der Waals surface area contributed by atoms with Crippen molar-refractivity contribution in [2.24, 2.45) is 17.8 Å². The van der Waals surface area contributed by atoms with Gasteiger partial charge in [0.15, 0.2) is 5.82 Å². The smallest absolute Gasteiger partial charge is 0.251 e. The first-order chi connectivity index (χ1) is 15.1. The zero-order valence-electron chi connectivity index (χ0n) is 17.6. The molecule has 0 aromatic carbocycles. The highest BCUT2D eigenvalue weighted by Crippen LogP contribution is 2.43. The molecular formula is C22H27N5O4. The largest absolute Gasteiger partial charge is 0.381 e. The second-order valence-corrected chi connectivity index (χ2v) is 9.52. The minimum atomic E-state index is -0.450. The van der Waals surface area contributed by atoms with Crippen LogP contribution in [0.4, 0.5) is 0 Å². The van der Waals surface area contributed by atoms with Crippen LogP contribution in [0.1, 0.15) is 35.8 Å². The Morgan fingerprint density at radius 2 is 1.94 bits per heavy atom. The van der Waals surface area contributed by atoms with Gasteiger partial charge in [0, 0.05) is 68.5 Å². The molecule has 5 atom stereocenters. The standard InChI is InChI=1S/C22H27N5O4/c1-13-23-19(24-31-13)10-25-6-14-5-15(7-25)21(27-18(14)3-2-4-20(27)28)22(29)26-8-16-11-30-12-17(16)9-26/h2-4,14-17,21H,5-12H2,1H3/t14-,15+,16-,17+,21+/m0/s1. The van der Waals surface area contributed by atoms with E-state index in [4.69, 9.17) is 9.26 Å². The third kappa shape index (κ3) is 3.22. The van der Waals surface area contributed by atoms with Crippen molar-refractivity contribution in [2.45, 2.75) is 31.8 Å². The van der Waals surface area contributed by atoms with E-state index in [0.29, 0.717) is 30.1 Å². The van der Waals surface area contributed by atoms with Crippen LogP contribution in [0.25, 0.3) is 0 Å². The summed E-state index contributed by atoms with van der Waals surface area (Å²) in [5, 5.41) is 4.04. The van der Waals surface area contributed by atoms with Gasteiger partial charge in [-0.3, -0.25) is 19.1 Å². The lowest BCUT2D eigenvalue weighted by atomic mass is 9.78. The van der Waals surface area contributed by atoms with E-state index < -0.39 is 6.04 Å². The molecule has 6 heterocycles. The fraction of sp³-hybridized carbons (Fsp3) is 0.636. The summed E-state index contributed by atoms with van der Waals surface area (Å²) < 4.78 is 12.5. The molecule has 0 saturated carbocycles. The Kier molecular flexibility index (Phi) is 4.50. The third-order valence-corrected chi connectivity index (χ3v) is 7.46. The second-order valence-electron chi connectivity index (χ2n) is 9.52. The van der Waals surface area contributed by atoms with Crippen LogP contribution in [0, 0.1) is 24.7 Å². The summed E-state index contributed by atoms with van der Waals surface area (Å²) in [6, 6.07) is 4.96. The van der Waals surface area contributed by atoms with Gasteiger partial charge in [-0.05, 0) is 12.5 Å². The summed E-state index contributed by atoms with van der Waals surface area (Å²) in [6.45, 7) is 6.88. The number of aromatic nitrogens is 3. The average molecular weight is 425 g/mol. The van der Waals surface area contributed by atoms with Crippen molar-refractivity contribution < 1.29 is 14.1 Å². The Balaban J connectivity index is 1.32. The number of nitrogens with zero attached hydrogens (tertiary/aromatic N) is 5. The molecule has 4 aliphatic heterocycles. The lowest BCUT2D eigenvalue weighted by Gasteiger charge is -2.46. The monoisotopic (exact) mass is 425 g/mol. The number of piperidine rings is 1. The van der Waals surface area contributed by atoms with Crippen LogP contribution in [0.2, 0.25) is 0 Å². The minimum Gasteiger partial charge on any atom is -0.381 e. The average Bonchev–Trinajstić information content (AvgIpc) is 3.45. The van der Waals surface area contributed by atoms with E-state index >= 15 is 0 Å². The summed E-state index contributed by atoms with van der Waals surface area (Å²) in [4.78, 5) is 35.3. The van der Waals surface area contributed by atoms with Crippen molar-refractivity contribution >= 4 is 5.91 Å². The maximum Gasteiger partial charge on any atom is 0.251 e. The van der Waals surface area contributed by atoms with Crippen LogP contribution in [0.3, 0.4) is 0 Å². The van der Waals surface area contributed by atoms with E-state index in [-0.39, 0.29) is 23.3 Å². The normalized spacial score (nSPS) is 32.2. The zero-order valence-corrected chi connectivity index (χ0v) is 17.6. The lowest BCUT2D eigenvalue weighted by Crippen LogP contribution is -2.53. The second kappa shape index (κ2) is 7.27. The number of carbonyl (C=O) groups excluding carboxylic acids is 1. The van der Waals surface area contributed by atoms with E-state index in [2.05, 4.69) is 15.0 Å². The fourth-order valence-corrected chi connectivity index (χ4v) is 6.13. The van der Waals surface area contributed by atoms with E-state index in [1.807, 2.05) is 17.0 Å². The molecule has 31 heavy (non-hydrogen) atoms. The number of fused-ring (bicyclic) bond motifs is 5. The lowest BCUT2D eigenvalue weighted by molar-refractivity contribution is -0.138. The summed E-state index contributed by atoms with van der Waals surface area (Å²) in [5.74, 6) is 2.47. The van der Waals surface area contributed by atoms with Gasteiger partial charge >= 0.3 is 0 Å². The van der Waals surface area contributed by atoms with Crippen LogP contribution < -0.4 is 5.56 Å². The zero-order chi connectivity index (χ0) is 21.1. The topological polar surface area (TPSA) is 93.7 Å². The van der Waals surface area contributed by atoms with Gasteiger partial charge < -0.3 is 14.2 Å². The first kappa shape index (κ1) is 19.2. The number of pyridine rings is 1. The molecule has 0 unspecified atom stereocenters. The Labute approximate surface area is 180 Å². The van der Waals surface area contributed by atoms with Gasteiger partial charge in [0.2, 0.25) is 11.8 Å². The summed E-state index contributed by atoms with van der Waals surface area (Å²) in [6.07, 6.45) is 0.922. The van der Waals surface area contributed by atoms with Gasteiger partial charge in [-0.25, -0.2) is 0 Å². The number of likely N-dealkylation sites (tertiary alicyclic amines) is 2. The Morgan fingerprint density at radius 3 is 2.68 bits per heavy atom. The van der Waals surface area contributed by atoms with Gasteiger partial charge in [0.1, 0.15) is 6.04 Å². The Hall–Kier alpha value is -2.52. The minimum absolute atomic E-state index is 0.0736. The highest BCUT2D eigenvalue weighted by atomic mass is 16.5. The van der Waals surface area contributed by atoms with Gasteiger partial charge in [0.05, 0.1) is 19.8 Å². The van der Waals surface area contributed by atoms with Crippen LogP contribution in [-0.2, 0) is 16.1 Å². The van der Waals surface area contributed by atoms with Crippen molar-refractivity contribution in [3.05, 3.63) is 46.0 Å². The Bertz CT molecular complexity index is 1050. The molecule has 6 rings (SSSR count). The van der Waals surface area contributed by atoms with Gasteiger partial charge in [-0.15, -0.1) is 0 Å². The highest BCUT2D eigenvalue weighted by Gasteiger charge is 2.47. The number of ether oxygens (including phenoxy) is 1. The van der Waals surface area contributed by atoms with Crippen LogP contribution >= 0.6 is 0 Å². The molecule has 4 aliphatic rings. The van der Waals surface area contributed by atoms with E-state index in [9.17, 15) is 9.59 Å². The van der Waals surface area contributed by atoms with Crippen molar-refractivity contribution in [3.63, 3.8) is 0 Å². The molecular weight excluding hydrogens is 398 g/mol. The van der Waals surface area contributed by atoms with Crippen molar-refractivity contribution in [1.82, 2.24) is 24.5 Å². The van der Waals surface area contributed by atoms with Gasteiger partial charge in [-0.2, -0.15) is 4.98 Å². The number of amides is 1. The number of rotatable bonds is 3. The molecule has 0 radical (unpaired) electrons. The first-order valence-corrected chi connectivity index (χ1v) is 11.2. The van der Waals surface area contributed by atoms with E-state index in [0.717, 1.165) is 51.5 Å². The summed E-state index contributed by atoms with van der Waals surface area (Å²) in [5.41, 5.74) is 0.898.